The Morgan fingerprint density at radius 1 is 1.10 bits per heavy atom. The number of nitrogens with one attached hydrogen (secondary N) is 1. The third-order valence-corrected chi connectivity index (χ3v) is 2.64. The first-order valence-corrected chi connectivity index (χ1v) is 6.05. The van der Waals surface area contributed by atoms with Gasteiger partial charge >= 0.3 is 5.97 Å². The lowest BCUT2D eigenvalue weighted by molar-refractivity contribution is -0.116. The first-order valence-electron chi connectivity index (χ1n) is 6.05. The van der Waals surface area contributed by atoms with Crippen LogP contribution in [0.5, 0.6) is 0 Å². The maximum atomic E-state index is 11.8. The summed E-state index contributed by atoms with van der Waals surface area (Å²) in [4.78, 5) is 30.2. The summed E-state index contributed by atoms with van der Waals surface area (Å²) >= 11 is 0. The zero-order valence-corrected chi connectivity index (χ0v) is 10.6. The summed E-state index contributed by atoms with van der Waals surface area (Å²) in [6.07, 6.45) is 3.43. The first-order chi connectivity index (χ1) is 9.66. The number of rotatable bonds is 5. The van der Waals surface area contributed by atoms with Crippen molar-refractivity contribution in [2.24, 2.45) is 0 Å². The highest BCUT2D eigenvalue weighted by Crippen LogP contribution is 2.09. The van der Waals surface area contributed by atoms with E-state index in [9.17, 15) is 9.59 Å². The molecule has 2 aromatic rings. The molecule has 0 saturated heterocycles. The van der Waals surface area contributed by atoms with Gasteiger partial charge in [-0.25, -0.2) is 14.8 Å². The van der Waals surface area contributed by atoms with E-state index in [-0.39, 0.29) is 23.8 Å². The second kappa shape index (κ2) is 6.42. The van der Waals surface area contributed by atoms with Crippen LogP contribution in [0.2, 0.25) is 0 Å². The average Bonchev–Trinajstić information content (AvgIpc) is 2.46. The highest BCUT2D eigenvalue weighted by molar-refractivity contribution is 5.97. The minimum Gasteiger partial charge on any atom is -0.476 e. The Labute approximate surface area is 115 Å². The molecule has 0 bridgehead atoms. The van der Waals surface area contributed by atoms with E-state index < -0.39 is 5.97 Å². The molecule has 102 valence electrons. The second-order valence-electron chi connectivity index (χ2n) is 4.09. The summed E-state index contributed by atoms with van der Waals surface area (Å²) in [5.41, 5.74) is 0.779. The van der Waals surface area contributed by atoms with Crippen molar-refractivity contribution in [1.29, 1.82) is 0 Å². The number of aromatic carboxylic acids is 1. The van der Waals surface area contributed by atoms with Crippen molar-refractivity contribution >= 4 is 17.7 Å². The van der Waals surface area contributed by atoms with Gasteiger partial charge in [0.1, 0.15) is 0 Å². The second-order valence-corrected chi connectivity index (χ2v) is 4.09. The van der Waals surface area contributed by atoms with Gasteiger partial charge in [-0.1, -0.05) is 30.3 Å². The highest BCUT2D eigenvalue weighted by atomic mass is 16.4. The number of carbonyl (C=O) groups is 2. The van der Waals surface area contributed by atoms with Crippen LogP contribution >= 0.6 is 0 Å². The highest BCUT2D eigenvalue weighted by Gasteiger charge is 2.14. The van der Waals surface area contributed by atoms with Crippen molar-refractivity contribution < 1.29 is 14.7 Å². The van der Waals surface area contributed by atoms with Crippen LogP contribution in [-0.2, 0) is 11.2 Å². The summed E-state index contributed by atoms with van der Waals surface area (Å²) in [5, 5.41) is 11.4. The number of hydrogen-bond donors (Lipinski definition) is 2. The molecule has 0 saturated carbocycles. The molecule has 0 spiro atoms. The summed E-state index contributed by atoms with van der Waals surface area (Å²) in [7, 11) is 0. The maximum absolute atomic E-state index is 11.8. The van der Waals surface area contributed by atoms with E-state index in [2.05, 4.69) is 15.3 Å². The van der Waals surface area contributed by atoms with Gasteiger partial charge in [-0.15, -0.1) is 0 Å². The van der Waals surface area contributed by atoms with Gasteiger partial charge < -0.3 is 10.4 Å². The zero-order chi connectivity index (χ0) is 14.4. The summed E-state index contributed by atoms with van der Waals surface area (Å²) in [6, 6.07) is 9.57. The van der Waals surface area contributed by atoms with Gasteiger partial charge in [0.25, 0.3) is 0 Å². The molecule has 0 aliphatic carbocycles. The Kier molecular flexibility index (Phi) is 4.39. The van der Waals surface area contributed by atoms with E-state index in [1.807, 2.05) is 30.3 Å². The van der Waals surface area contributed by atoms with Crippen molar-refractivity contribution in [2.75, 3.05) is 5.32 Å². The molecule has 0 aliphatic heterocycles. The van der Waals surface area contributed by atoms with Gasteiger partial charge in [0, 0.05) is 18.8 Å². The third-order valence-electron chi connectivity index (χ3n) is 2.64. The van der Waals surface area contributed by atoms with Gasteiger partial charge in [-0.05, 0) is 12.0 Å². The van der Waals surface area contributed by atoms with Gasteiger partial charge in [0.15, 0.2) is 11.5 Å². The van der Waals surface area contributed by atoms with Crippen molar-refractivity contribution in [3.05, 3.63) is 54.0 Å². The molecule has 0 radical (unpaired) electrons. The number of hydrogen-bond acceptors (Lipinski definition) is 4. The molecule has 1 heterocycles. The predicted molar refractivity (Wildman–Crippen MR) is 72.4 cm³/mol. The molecule has 2 rings (SSSR count). The molecule has 20 heavy (non-hydrogen) atoms. The fraction of sp³-hybridized carbons (Fsp3) is 0.143. The van der Waals surface area contributed by atoms with Crippen LogP contribution in [0.4, 0.5) is 5.82 Å². The lowest BCUT2D eigenvalue weighted by Gasteiger charge is -2.06. The molecule has 0 aliphatic rings. The molecule has 1 aromatic heterocycles. The number of benzene rings is 1. The van der Waals surface area contributed by atoms with E-state index >= 15 is 0 Å². The zero-order valence-electron chi connectivity index (χ0n) is 10.6. The van der Waals surface area contributed by atoms with Crippen molar-refractivity contribution in [3.8, 4) is 0 Å². The standard InChI is InChI=1S/C14H13N3O3/c18-11(7-6-10-4-2-1-3-5-10)17-13-12(14(19)20)15-8-9-16-13/h1-5,8-9H,6-7H2,(H,19,20)(H,16,17,18). The third kappa shape index (κ3) is 3.61. The minimum atomic E-state index is -1.23. The minimum absolute atomic E-state index is 0.0296. The molecule has 6 nitrogen and oxygen atoms in total. The summed E-state index contributed by atoms with van der Waals surface area (Å²) < 4.78 is 0. The van der Waals surface area contributed by atoms with E-state index in [1.54, 1.807) is 0 Å². The van der Waals surface area contributed by atoms with Crippen LogP contribution in [0, 0.1) is 0 Å². The number of carboxylic acids is 1. The predicted octanol–water partition coefficient (Wildman–Crippen LogP) is 1.75. The Bertz CT molecular complexity index is 614. The van der Waals surface area contributed by atoms with Gasteiger partial charge in [0.05, 0.1) is 0 Å². The molecule has 1 aromatic carbocycles. The van der Waals surface area contributed by atoms with Gasteiger partial charge in [-0.3, -0.25) is 4.79 Å². The van der Waals surface area contributed by atoms with Crippen molar-refractivity contribution in [1.82, 2.24) is 9.97 Å². The molecule has 0 fully saturated rings. The van der Waals surface area contributed by atoms with Gasteiger partial charge in [-0.2, -0.15) is 0 Å². The monoisotopic (exact) mass is 271 g/mol. The fourth-order valence-electron chi connectivity index (χ4n) is 1.68. The van der Waals surface area contributed by atoms with E-state index in [0.717, 1.165) is 5.56 Å². The maximum Gasteiger partial charge on any atom is 0.358 e. The summed E-state index contributed by atoms with van der Waals surface area (Å²) in [5.74, 6) is -1.55. The van der Waals surface area contributed by atoms with Gasteiger partial charge in [0.2, 0.25) is 5.91 Å². The summed E-state index contributed by atoms with van der Waals surface area (Å²) in [6.45, 7) is 0. The van der Waals surface area contributed by atoms with E-state index in [1.165, 1.54) is 12.4 Å². The molecular weight excluding hydrogens is 258 g/mol. The van der Waals surface area contributed by atoms with Crippen molar-refractivity contribution in [3.63, 3.8) is 0 Å². The van der Waals surface area contributed by atoms with E-state index in [4.69, 9.17) is 5.11 Å². The Morgan fingerprint density at radius 2 is 1.80 bits per heavy atom. The fourth-order valence-corrected chi connectivity index (χ4v) is 1.68. The Hall–Kier alpha value is -2.76. The average molecular weight is 271 g/mol. The van der Waals surface area contributed by atoms with E-state index in [0.29, 0.717) is 6.42 Å². The molecule has 6 heteroatoms. The van der Waals surface area contributed by atoms with Crippen LogP contribution in [-0.4, -0.2) is 27.0 Å². The SMILES string of the molecule is O=C(CCc1ccccc1)Nc1nccnc1C(=O)O. The normalized spacial score (nSPS) is 10.0. The molecule has 2 N–H and O–H groups in total. The topological polar surface area (TPSA) is 92.2 Å². The smallest absolute Gasteiger partial charge is 0.358 e. The number of carboxylic acid groups (broad SMARTS) is 1. The molecule has 0 atom stereocenters. The number of anilines is 1. The molecule has 0 unspecified atom stereocenters. The number of nitrogens with zero attached hydrogens (tertiary/aromatic N) is 2. The number of aromatic nitrogens is 2. The van der Waals surface area contributed by atoms with Crippen LogP contribution in [0.1, 0.15) is 22.5 Å². The van der Waals surface area contributed by atoms with Crippen molar-refractivity contribution in [2.45, 2.75) is 12.8 Å². The molecule has 1 amide bonds. The number of amides is 1. The number of aryl methyl sites for hydroxylation is 1. The van der Waals surface area contributed by atoms with Crippen LogP contribution in [0.25, 0.3) is 0 Å². The quantitative estimate of drug-likeness (QED) is 0.864. The first kappa shape index (κ1) is 13.7. The Morgan fingerprint density at radius 3 is 2.50 bits per heavy atom. The lowest BCUT2D eigenvalue weighted by atomic mass is 10.1. The number of carbonyl (C=O) groups excluding carboxylic acids is 1. The van der Waals surface area contributed by atoms with Crippen LogP contribution in [0.15, 0.2) is 42.7 Å². The molecular formula is C14H13N3O3. The lowest BCUT2D eigenvalue weighted by Crippen LogP contribution is -2.17. The Balaban J connectivity index is 1.97. The van der Waals surface area contributed by atoms with Crippen LogP contribution in [0.3, 0.4) is 0 Å². The van der Waals surface area contributed by atoms with Crippen LogP contribution < -0.4 is 5.32 Å². The largest absolute Gasteiger partial charge is 0.476 e.